The molecule has 17 heavy (non-hydrogen) atoms. The fourth-order valence-corrected chi connectivity index (χ4v) is 2.40. The highest BCUT2D eigenvalue weighted by atomic mass is 32.2. The van der Waals surface area contributed by atoms with Crippen LogP contribution in [-0.2, 0) is 19.6 Å². The van der Waals surface area contributed by atoms with Gasteiger partial charge in [-0.05, 0) is 25.2 Å². The SMILES string of the molecule is C=C(C)C(=O)OCCC(CS(=O)(=O)O)C(C)C. The zero-order valence-corrected chi connectivity index (χ0v) is 11.3. The van der Waals surface area contributed by atoms with Crippen molar-refractivity contribution < 1.29 is 22.5 Å². The minimum absolute atomic E-state index is 0.0838. The number of ether oxygens (including phenoxy) is 1. The van der Waals surface area contributed by atoms with Gasteiger partial charge in [0.25, 0.3) is 10.1 Å². The molecule has 0 aromatic heterocycles. The van der Waals surface area contributed by atoms with E-state index in [-0.39, 0.29) is 24.2 Å². The molecular formula is C11H20O5S. The Balaban J connectivity index is 4.21. The Morgan fingerprint density at radius 3 is 2.29 bits per heavy atom. The van der Waals surface area contributed by atoms with Crippen molar-refractivity contribution in [1.29, 1.82) is 0 Å². The van der Waals surface area contributed by atoms with Crippen molar-refractivity contribution in [2.24, 2.45) is 11.8 Å². The third-order valence-electron chi connectivity index (χ3n) is 2.44. The van der Waals surface area contributed by atoms with Crippen molar-refractivity contribution in [2.75, 3.05) is 12.4 Å². The summed E-state index contributed by atoms with van der Waals surface area (Å²) >= 11 is 0. The first kappa shape index (κ1) is 16.1. The summed E-state index contributed by atoms with van der Waals surface area (Å²) in [6.45, 7) is 8.82. The smallest absolute Gasteiger partial charge is 0.333 e. The molecule has 0 aliphatic rings. The van der Waals surface area contributed by atoms with E-state index in [0.29, 0.717) is 12.0 Å². The molecule has 100 valence electrons. The highest BCUT2D eigenvalue weighted by Gasteiger charge is 2.20. The van der Waals surface area contributed by atoms with E-state index < -0.39 is 16.1 Å². The third-order valence-corrected chi connectivity index (χ3v) is 3.29. The van der Waals surface area contributed by atoms with Crippen LogP contribution in [0.4, 0.5) is 0 Å². The Morgan fingerprint density at radius 1 is 1.41 bits per heavy atom. The van der Waals surface area contributed by atoms with E-state index in [4.69, 9.17) is 9.29 Å². The molecule has 1 N–H and O–H groups in total. The molecule has 0 amide bonds. The molecule has 0 aliphatic carbocycles. The Morgan fingerprint density at radius 2 is 1.94 bits per heavy atom. The Hall–Kier alpha value is -0.880. The first-order valence-electron chi connectivity index (χ1n) is 5.41. The number of rotatable bonds is 7. The Labute approximate surface area is 103 Å². The van der Waals surface area contributed by atoms with E-state index in [1.807, 2.05) is 13.8 Å². The van der Waals surface area contributed by atoms with Gasteiger partial charge in [0.1, 0.15) is 0 Å². The maximum Gasteiger partial charge on any atom is 0.333 e. The molecule has 0 saturated heterocycles. The number of hydrogen-bond donors (Lipinski definition) is 1. The molecule has 0 aromatic carbocycles. The van der Waals surface area contributed by atoms with E-state index >= 15 is 0 Å². The lowest BCUT2D eigenvalue weighted by Gasteiger charge is -2.19. The van der Waals surface area contributed by atoms with Crippen LogP contribution in [0.1, 0.15) is 27.2 Å². The molecule has 0 rings (SSSR count). The fraction of sp³-hybridized carbons (Fsp3) is 0.727. The molecule has 0 spiro atoms. The van der Waals surface area contributed by atoms with Crippen LogP contribution in [0.15, 0.2) is 12.2 Å². The zero-order chi connectivity index (χ0) is 13.6. The lowest BCUT2D eigenvalue weighted by atomic mass is 9.95. The predicted molar refractivity (Wildman–Crippen MR) is 65.1 cm³/mol. The molecular weight excluding hydrogens is 244 g/mol. The number of carbonyl (C=O) groups excluding carboxylic acids is 1. The molecule has 0 bridgehead atoms. The zero-order valence-electron chi connectivity index (χ0n) is 10.5. The summed E-state index contributed by atoms with van der Waals surface area (Å²) in [5.74, 6) is -0.947. The summed E-state index contributed by atoms with van der Waals surface area (Å²) in [5.41, 5.74) is 0.306. The quantitative estimate of drug-likeness (QED) is 0.429. The van der Waals surface area contributed by atoms with Crippen molar-refractivity contribution in [3.05, 3.63) is 12.2 Å². The molecule has 5 nitrogen and oxygen atoms in total. The van der Waals surface area contributed by atoms with Crippen molar-refractivity contribution in [3.63, 3.8) is 0 Å². The van der Waals surface area contributed by atoms with Crippen LogP contribution in [0.3, 0.4) is 0 Å². The van der Waals surface area contributed by atoms with Crippen molar-refractivity contribution in [3.8, 4) is 0 Å². The van der Waals surface area contributed by atoms with Gasteiger partial charge in [-0.2, -0.15) is 8.42 Å². The second-order valence-electron chi connectivity index (χ2n) is 4.46. The fourth-order valence-electron chi connectivity index (χ4n) is 1.31. The van der Waals surface area contributed by atoms with Gasteiger partial charge in [0.15, 0.2) is 0 Å². The first-order chi connectivity index (χ1) is 7.63. The van der Waals surface area contributed by atoms with E-state index in [9.17, 15) is 13.2 Å². The Bertz CT molecular complexity index is 369. The second kappa shape index (κ2) is 6.76. The van der Waals surface area contributed by atoms with Crippen molar-refractivity contribution in [1.82, 2.24) is 0 Å². The standard InChI is InChI=1S/C11H20O5S/c1-8(2)10(7-17(13,14)15)5-6-16-11(12)9(3)4/h8,10H,3,5-7H2,1-2,4H3,(H,13,14,15). The molecule has 1 unspecified atom stereocenters. The lowest BCUT2D eigenvalue weighted by Crippen LogP contribution is -2.22. The second-order valence-corrected chi connectivity index (χ2v) is 5.95. The monoisotopic (exact) mass is 264 g/mol. The molecule has 0 radical (unpaired) electrons. The van der Waals surface area contributed by atoms with Crippen molar-refractivity contribution >= 4 is 16.1 Å². The van der Waals surface area contributed by atoms with Crippen LogP contribution in [-0.4, -0.2) is 31.3 Å². The van der Waals surface area contributed by atoms with Crippen LogP contribution in [0.25, 0.3) is 0 Å². The van der Waals surface area contributed by atoms with Crippen LogP contribution in [0.5, 0.6) is 0 Å². The summed E-state index contributed by atoms with van der Waals surface area (Å²) < 4.78 is 35.2. The summed E-state index contributed by atoms with van der Waals surface area (Å²) in [4.78, 5) is 11.1. The minimum atomic E-state index is -3.99. The highest BCUT2D eigenvalue weighted by molar-refractivity contribution is 7.85. The molecule has 0 fully saturated rings. The summed E-state index contributed by atoms with van der Waals surface area (Å²) in [7, 11) is -3.99. The lowest BCUT2D eigenvalue weighted by molar-refractivity contribution is -0.139. The summed E-state index contributed by atoms with van der Waals surface area (Å²) in [5, 5.41) is 0. The van der Waals surface area contributed by atoms with Gasteiger partial charge in [-0.25, -0.2) is 4.79 Å². The van der Waals surface area contributed by atoms with Crippen LogP contribution in [0.2, 0.25) is 0 Å². The van der Waals surface area contributed by atoms with Crippen LogP contribution in [0, 0.1) is 11.8 Å². The largest absolute Gasteiger partial charge is 0.462 e. The van der Waals surface area contributed by atoms with Gasteiger partial charge in [0, 0.05) is 5.57 Å². The van der Waals surface area contributed by atoms with E-state index in [1.165, 1.54) is 0 Å². The maximum atomic E-state index is 11.1. The average Bonchev–Trinajstić information content (AvgIpc) is 2.13. The molecule has 1 atom stereocenters. The van der Waals surface area contributed by atoms with Gasteiger partial charge >= 0.3 is 5.97 Å². The van der Waals surface area contributed by atoms with Gasteiger partial charge < -0.3 is 4.74 Å². The predicted octanol–water partition coefficient (Wildman–Crippen LogP) is 1.66. The third kappa shape index (κ3) is 7.93. The maximum absolute atomic E-state index is 11.1. The molecule has 6 heteroatoms. The average molecular weight is 264 g/mol. The van der Waals surface area contributed by atoms with Crippen LogP contribution < -0.4 is 0 Å². The van der Waals surface area contributed by atoms with Gasteiger partial charge in [0.05, 0.1) is 12.4 Å². The first-order valence-corrected chi connectivity index (χ1v) is 7.02. The van der Waals surface area contributed by atoms with Gasteiger partial charge in [-0.15, -0.1) is 0 Å². The van der Waals surface area contributed by atoms with E-state index in [0.717, 1.165) is 0 Å². The molecule has 0 heterocycles. The van der Waals surface area contributed by atoms with Crippen LogP contribution >= 0.6 is 0 Å². The van der Waals surface area contributed by atoms with Crippen molar-refractivity contribution in [2.45, 2.75) is 27.2 Å². The highest BCUT2D eigenvalue weighted by Crippen LogP contribution is 2.17. The number of esters is 1. The van der Waals surface area contributed by atoms with Gasteiger partial charge in [-0.1, -0.05) is 20.4 Å². The van der Waals surface area contributed by atoms with E-state index in [2.05, 4.69) is 6.58 Å². The number of carbonyl (C=O) groups is 1. The minimum Gasteiger partial charge on any atom is -0.462 e. The molecule has 0 aromatic rings. The summed E-state index contributed by atoms with van der Waals surface area (Å²) in [6, 6.07) is 0. The molecule has 0 saturated carbocycles. The number of hydrogen-bond acceptors (Lipinski definition) is 4. The topological polar surface area (TPSA) is 80.7 Å². The molecule has 0 aliphatic heterocycles. The van der Waals surface area contributed by atoms with Gasteiger partial charge in [0.2, 0.25) is 0 Å². The van der Waals surface area contributed by atoms with E-state index in [1.54, 1.807) is 6.92 Å². The van der Waals surface area contributed by atoms with Gasteiger partial charge in [-0.3, -0.25) is 4.55 Å². The summed E-state index contributed by atoms with van der Waals surface area (Å²) in [6.07, 6.45) is 0.399. The Kier molecular flexibility index (Phi) is 6.41. The normalized spacial score (nSPS) is 13.5.